The zero-order valence-corrected chi connectivity index (χ0v) is 9.41. The van der Waals surface area contributed by atoms with Gasteiger partial charge in [-0.25, -0.2) is 13.8 Å². The summed E-state index contributed by atoms with van der Waals surface area (Å²) in [5.74, 6) is -0.993. The predicted molar refractivity (Wildman–Crippen MR) is 62.6 cm³/mol. The number of aromatic nitrogens is 4. The van der Waals surface area contributed by atoms with Crippen LogP contribution in [0, 0.1) is 11.6 Å². The van der Waals surface area contributed by atoms with Gasteiger partial charge in [-0.15, -0.1) is 0 Å². The maximum Gasteiger partial charge on any atom is 0.161 e. The van der Waals surface area contributed by atoms with Gasteiger partial charge in [-0.3, -0.25) is 4.68 Å². The fraction of sp³-hybridized carbons (Fsp3) is 0.0909. The largest absolute Gasteiger partial charge is 0.383 e. The lowest BCUT2D eigenvalue weighted by Gasteiger charge is -1.95. The van der Waals surface area contributed by atoms with Crippen molar-refractivity contribution >= 4 is 16.9 Å². The molecule has 0 fully saturated rings. The summed E-state index contributed by atoms with van der Waals surface area (Å²) in [5.41, 5.74) is 7.15. The Kier molecular flexibility index (Phi) is 2.09. The average molecular weight is 249 g/mol. The highest BCUT2D eigenvalue weighted by atomic mass is 19.2. The minimum Gasteiger partial charge on any atom is -0.383 e. The van der Waals surface area contributed by atoms with Crippen LogP contribution < -0.4 is 5.73 Å². The maximum atomic E-state index is 13.1. The number of anilines is 1. The molecule has 3 N–H and O–H groups in total. The molecule has 0 bridgehead atoms. The maximum absolute atomic E-state index is 13.1. The molecule has 18 heavy (non-hydrogen) atoms. The lowest BCUT2D eigenvalue weighted by molar-refractivity contribution is 0.510. The molecule has 0 radical (unpaired) electrons. The number of aromatic amines is 1. The molecule has 0 aliphatic carbocycles. The van der Waals surface area contributed by atoms with Crippen molar-refractivity contribution in [3.63, 3.8) is 0 Å². The van der Waals surface area contributed by atoms with Crippen molar-refractivity contribution in [2.24, 2.45) is 7.05 Å². The monoisotopic (exact) mass is 249 g/mol. The van der Waals surface area contributed by atoms with Gasteiger partial charge in [0.05, 0.1) is 22.8 Å². The van der Waals surface area contributed by atoms with Crippen LogP contribution >= 0.6 is 0 Å². The molecular formula is C11H9F2N5. The molecule has 0 saturated heterocycles. The van der Waals surface area contributed by atoms with Crippen LogP contribution in [-0.4, -0.2) is 19.7 Å². The van der Waals surface area contributed by atoms with Gasteiger partial charge in [0.15, 0.2) is 11.6 Å². The molecule has 0 aliphatic heterocycles. The SMILES string of the molecule is Cn1ncc(-c2nc3cc(F)c(F)cc3[nH]2)c1N. The normalized spacial score (nSPS) is 11.3. The molecule has 92 valence electrons. The third-order valence-electron chi connectivity index (χ3n) is 2.76. The van der Waals surface area contributed by atoms with Gasteiger partial charge < -0.3 is 10.7 Å². The van der Waals surface area contributed by atoms with Gasteiger partial charge in [0.25, 0.3) is 0 Å². The number of nitrogens with one attached hydrogen (secondary N) is 1. The summed E-state index contributed by atoms with van der Waals surface area (Å²) < 4.78 is 27.6. The Hall–Kier alpha value is -2.44. The number of hydrogen-bond acceptors (Lipinski definition) is 3. The van der Waals surface area contributed by atoms with E-state index in [1.165, 1.54) is 4.68 Å². The minimum absolute atomic E-state index is 0.340. The summed E-state index contributed by atoms with van der Waals surface area (Å²) in [4.78, 5) is 7.05. The van der Waals surface area contributed by atoms with Crippen LogP contribution in [0.5, 0.6) is 0 Å². The Balaban J connectivity index is 2.22. The molecule has 0 saturated carbocycles. The van der Waals surface area contributed by atoms with Crippen molar-refractivity contribution in [3.05, 3.63) is 30.0 Å². The molecule has 0 atom stereocenters. The number of hydrogen-bond donors (Lipinski definition) is 2. The first-order chi connectivity index (χ1) is 8.56. The van der Waals surface area contributed by atoms with Crippen molar-refractivity contribution in [2.45, 2.75) is 0 Å². The Bertz CT molecular complexity index is 704. The molecule has 0 amide bonds. The van der Waals surface area contributed by atoms with Crippen LogP contribution in [0.4, 0.5) is 14.6 Å². The van der Waals surface area contributed by atoms with Crippen molar-refractivity contribution in [3.8, 4) is 11.4 Å². The van der Waals surface area contributed by atoms with Crippen molar-refractivity contribution in [2.75, 3.05) is 5.73 Å². The fourth-order valence-electron chi connectivity index (χ4n) is 1.76. The van der Waals surface area contributed by atoms with Crippen LogP contribution in [-0.2, 0) is 7.05 Å². The Labute approximate surface area is 100 Å². The van der Waals surface area contributed by atoms with Crippen LogP contribution in [0.3, 0.4) is 0 Å². The molecule has 0 unspecified atom stereocenters. The van der Waals surface area contributed by atoms with E-state index in [2.05, 4.69) is 15.1 Å². The van der Waals surface area contributed by atoms with Crippen molar-refractivity contribution in [1.82, 2.24) is 19.7 Å². The van der Waals surface area contributed by atoms with E-state index in [0.29, 0.717) is 28.2 Å². The van der Waals surface area contributed by atoms with Crippen molar-refractivity contribution in [1.29, 1.82) is 0 Å². The van der Waals surface area contributed by atoms with Crippen LogP contribution in [0.15, 0.2) is 18.3 Å². The van der Waals surface area contributed by atoms with E-state index < -0.39 is 11.6 Å². The van der Waals surface area contributed by atoms with Gasteiger partial charge in [0, 0.05) is 19.2 Å². The molecule has 3 aromatic rings. The zero-order valence-electron chi connectivity index (χ0n) is 9.41. The van der Waals surface area contributed by atoms with Crippen LogP contribution in [0.25, 0.3) is 22.4 Å². The second kappa shape index (κ2) is 3.52. The summed E-state index contributed by atoms with van der Waals surface area (Å²) in [7, 11) is 1.70. The number of H-pyrrole nitrogens is 1. The van der Waals surface area contributed by atoms with Crippen LogP contribution in [0.2, 0.25) is 0 Å². The predicted octanol–water partition coefficient (Wildman–Crippen LogP) is 1.82. The molecule has 0 aliphatic rings. The van der Waals surface area contributed by atoms with E-state index in [1.807, 2.05) is 0 Å². The van der Waals surface area contributed by atoms with Gasteiger partial charge in [0.1, 0.15) is 11.6 Å². The number of nitrogen functional groups attached to an aromatic ring is 1. The van der Waals surface area contributed by atoms with E-state index in [1.54, 1.807) is 13.2 Å². The number of rotatable bonds is 1. The van der Waals surface area contributed by atoms with Crippen LogP contribution in [0.1, 0.15) is 0 Å². The second-order valence-electron chi connectivity index (χ2n) is 3.94. The van der Waals surface area contributed by atoms with E-state index in [9.17, 15) is 8.78 Å². The Morgan fingerprint density at radius 1 is 1.28 bits per heavy atom. The summed E-state index contributed by atoms with van der Waals surface area (Å²) in [6, 6.07) is 2.10. The summed E-state index contributed by atoms with van der Waals surface area (Å²) in [5, 5.41) is 3.98. The highest BCUT2D eigenvalue weighted by Crippen LogP contribution is 2.25. The second-order valence-corrected chi connectivity index (χ2v) is 3.94. The third kappa shape index (κ3) is 1.44. The van der Waals surface area contributed by atoms with Gasteiger partial charge in [-0.05, 0) is 0 Å². The first-order valence-electron chi connectivity index (χ1n) is 5.19. The number of aryl methyl sites for hydroxylation is 1. The molecule has 2 heterocycles. The van der Waals surface area contributed by atoms with Crippen molar-refractivity contribution < 1.29 is 8.78 Å². The summed E-state index contributed by atoms with van der Waals surface area (Å²) in [6.45, 7) is 0. The summed E-state index contributed by atoms with van der Waals surface area (Å²) in [6.07, 6.45) is 1.54. The molecule has 1 aromatic carbocycles. The van der Waals surface area contributed by atoms with Gasteiger partial charge in [0.2, 0.25) is 0 Å². The minimum atomic E-state index is -0.931. The van der Waals surface area contributed by atoms with Gasteiger partial charge in [-0.2, -0.15) is 5.10 Å². The first kappa shape index (κ1) is 10.7. The molecule has 7 heteroatoms. The smallest absolute Gasteiger partial charge is 0.161 e. The number of benzene rings is 1. The van der Waals surface area contributed by atoms with E-state index in [0.717, 1.165) is 12.1 Å². The molecule has 5 nitrogen and oxygen atoms in total. The average Bonchev–Trinajstić information content (AvgIpc) is 2.85. The topological polar surface area (TPSA) is 72.5 Å². The lowest BCUT2D eigenvalue weighted by Crippen LogP contribution is -1.98. The lowest BCUT2D eigenvalue weighted by atomic mass is 10.3. The third-order valence-corrected chi connectivity index (χ3v) is 2.76. The zero-order chi connectivity index (χ0) is 12.9. The molecule has 2 aromatic heterocycles. The standard InChI is InChI=1S/C11H9F2N5/c1-18-10(14)5(4-15-18)11-16-8-2-6(12)7(13)3-9(8)17-11/h2-4H,14H2,1H3,(H,16,17). The number of nitrogens with zero attached hydrogens (tertiary/aromatic N) is 3. The fourth-order valence-corrected chi connectivity index (χ4v) is 1.76. The number of imidazole rings is 1. The van der Waals surface area contributed by atoms with Gasteiger partial charge in [-0.1, -0.05) is 0 Å². The molecule has 3 rings (SSSR count). The highest BCUT2D eigenvalue weighted by Gasteiger charge is 2.13. The first-order valence-corrected chi connectivity index (χ1v) is 5.19. The van der Waals surface area contributed by atoms with E-state index in [4.69, 9.17) is 5.73 Å². The number of halogens is 2. The molecule has 0 spiro atoms. The quantitative estimate of drug-likeness (QED) is 0.691. The van der Waals surface area contributed by atoms with Gasteiger partial charge >= 0.3 is 0 Å². The molecular weight excluding hydrogens is 240 g/mol. The van der Waals surface area contributed by atoms with E-state index in [-0.39, 0.29) is 0 Å². The number of nitrogens with two attached hydrogens (primary N) is 1. The Morgan fingerprint density at radius 2 is 2.00 bits per heavy atom. The highest BCUT2D eigenvalue weighted by molar-refractivity contribution is 5.81. The summed E-state index contributed by atoms with van der Waals surface area (Å²) >= 11 is 0. The Morgan fingerprint density at radius 3 is 2.67 bits per heavy atom. The number of fused-ring (bicyclic) bond motifs is 1. The van der Waals surface area contributed by atoms with E-state index >= 15 is 0 Å².